The van der Waals surface area contributed by atoms with Crippen molar-refractivity contribution in [1.82, 2.24) is 34.6 Å². The Balaban J connectivity index is 1.47. The molecule has 0 spiro atoms. The molecule has 11 nitrogen and oxygen atoms in total. The van der Waals surface area contributed by atoms with E-state index in [1.807, 2.05) is 18.2 Å². The molecule has 1 aliphatic heterocycles. The number of hydrogen-bond donors (Lipinski definition) is 1. The highest BCUT2D eigenvalue weighted by Gasteiger charge is 2.32. The van der Waals surface area contributed by atoms with Crippen molar-refractivity contribution in [3.8, 4) is 22.9 Å². The number of H-pyrrole nitrogens is 1. The molecule has 1 saturated heterocycles. The van der Waals surface area contributed by atoms with E-state index in [2.05, 4.69) is 43.6 Å². The Morgan fingerprint density at radius 1 is 1.00 bits per heavy atom. The third kappa shape index (κ3) is 5.64. The van der Waals surface area contributed by atoms with Crippen molar-refractivity contribution < 1.29 is 9.26 Å². The van der Waals surface area contributed by atoms with Crippen molar-refractivity contribution in [2.75, 3.05) is 24.7 Å². The number of anilines is 1. The number of hydrogen-bond acceptors (Lipinski definition) is 9. The van der Waals surface area contributed by atoms with Gasteiger partial charge >= 0.3 is 5.76 Å². The molecule has 5 heterocycles. The van der Waals surface area contributed by atoms with Crippen LogP contribution >= 0.6 is 23.2 Å². The monoisotopic (exact) mass is 620 g/mol. The first-order chi connectivity index (χ1) is 20.9. The molecule has 2 fully saturated rings. The molecule has 1 saturated carbocycles. The number of nitrogens with one attached hydrogen (secondary N) is 1. The van der Waals surface area contributed by atoms with Crippen molar-refractivity contribution in [1.29, 1.82) is 0 Å². The molecule has 1 aliphatic carbocycles. The summed E-state index contributed by atoms with van der Waals surface area (Å²) < 4.78 is 13.0. The number of ether oxygens (including phenoxy) is 1. The summed E-state index contributed by atoms with van der Waals surface area (Å²) in [6.07, 6.45) is 4.65. The highest BCUT2D eigenvalue weighted by molar-refractivity contribution is 6.33. The molecule has 13 heteroatoms. The highest BCUT2D eigenvalue weighted by Crippen LogP contribution is 2.39. The zero-order valence-electron chi connectivity index (χ0n) is 23.5. The number of aromatic nitrogens is 7. The molecule has 222 valence electrons. The standard InChI is InChI=1S/C30H30Cl2N8O3/c1-17-7-9-18(10-8-17)15-40-25-24(20-13-22(31)33-23(32)14-20)34-27(28-37-30(41)43-38-28)35-26(25)36-29(40)39-11-12-42-16-21(39)19-5-3-2-4-6-19/h2-6,13-14,17-18,21H,7-12,15-16H2,1H3,(H,37,38,41)/t17?,18?,21-/m0/s1. The minimum absolute atomic E-state index is 0.0375. The Hall–Kier alpha value is -3.80. The second-order valence-electron chi connectivity index (χ2n) is 11.4. The highest BCUT2D eigenvalue weighted by atomic mass is 35.5. The zero-order valence-corrected chi connectivity index (χ0v) is 25.1. The molecule has 1 atom stereocenters. The van der Waals surface area contributed by atoms with E-state index >= 15 is 0 Å². The average molecular weight is 622 g/mol. The SMILES string of the molecule is CC1CCC(Cn2c(N3CCOC[C@H]3c3ccccc3)nc3nc(-c4noc(=O)[nH]4)nc(-c4cc(Cl)nc(Cl)c4)c32)CC1. The molecular weight excluding hydrogens is 591 g/mol. The van der Waals surface area contributed by atoms with Gasteiger partial charge in [0.15, 0.2) is 5.65 Å². The van der Waals surface area contributed by atoms with Crippen molar-refractivity contribution in [2.45, 2.75) is 45.2 Å². The van der Waals surface area contributed by atoms with Gasteiger partial charge in [0.25, 0.3) is 0 Å². The van der Waals surface area contributed by atoms with Crippen molar-refractivity contribution in [3.63, 3.8) is 0 Å². The Labute approximate surface area is 257 Å². The lowest BCUT2D eigenvalue weighted by Crippen LogP contribution is -2.41. The van der Waals surface area contributed by atoms with Crippen LogP contribution in [-0.2, 0) is 11.3 Å². The normalized spacial score (nSPS) is 21.0. The number of nitrogens with zero attached hydrogens (tertiary/aromatic N) is 7. The summed E-state index contributed by atoms with van der Waals surface area (Å²) in [6, 6.07) is 13.7. The second kappa shape index (κ2) is 11.7. The first-order valence-corrected chi connectivity index (χ1v) is 15.3. The molecular formula is C30H30Cl2N8O3. The number of pyridine rings is 1. The fourth-order valence-electron chi connectivity index (χ4n) is 6.22. The van der Waals surface area contributed by atoms with Crippen LogP contribution < -0.4 is 10.7 Å². The summed E-state index contributed by atoms with van der Waals surface area (Å²) in [5.41, 5.74) is 3.57. The van der Waals surface area contributed by atoms with E-state index in [0.29, 0.717) is 42.6 Å². The summed E-state index contributed by atoms with van der Waals surface area (Å²) in [5.74, 6) is 1.55. The average Bonchev–Trinajstić information content (AvgIpc) is 3.61. The fourth-order valence-corrected chi connectivity index (χ4v) is 6.68. The maximum atomic E-state index is 11.8. The largest absolute Gasteiger partial charge is 0.439 e. The molecule has 0 bridgehead atoms. The lowest BCUT2D eigenvalue weighted by Gasteiger charge is -2.37. The first kappa shape index (κ1) is 28.0. The predicted octanol–water partition coefficient (Wildman–Crippen LogP) is 5.94. The second-order valence-corrected chi connectivity index (χ2v) is 12.1. The molecule has 43 heavy (non-hydrogen) atoms. The number of imidazole rings is 1. The third-order valence-corrected chi connectivity index (χ3v) is 8.80. The van der Waals surface area contributed by atoms with Crippen LogP contribution in [0.4, 0.5) is 5.95 Å². The van der Waals surface area contributed by atoms with E-state index in [0.717, 1.165) is 42.3 Å². The van der Waals surface area contributed by atoms with Gasteiger partial charge in [0.1, 0.15) is 21.5 Å². The van der Waals surface area contributed by atoms with Crippen molar-refractivity contribution in [3.05, 3.63) is 68.9 Å². The lowest BCUT2D eigenvalue weighted by atomic mass is 9.83. The van der Waals surface area contributed by atoms with E-state index in [-0.39, 0.29) is 28.0 Å². The maximum Gasteiger partial charge on any atom is 0.439 e. The van der Waals surface area contributed by atoms with Crippen LogP contribution in [-0.4, -0.2) is 54.4 Å². The van der Waals surface area contributed by atoms with E-state index in [9.17, 15) is 4.79 Å². The summed E-state index contributed by atoms with van der Waals surface area (Å²) in [4.78, 5) is 35.7. The number of halogens is 2. The molecule has 2 aliphatic rings. The van der Waals surface area contributed by atoms with Crippen LogP contribution in [0, 0.1) is 11.8 Å². The summed E-state index contributed by atoms with van der Waals surface area (Å²) in [7, 11) is 0. The minimum Gasteiger partial charge on any atom is -0.377 e. The van der Waals surface area contributed by atoms with Crippen molar-refractivity contribution in [2.24, 2.45) is 11.8 Å². The summed E-state index contributed by atoms with van der Waals surface area (Å²) in [5, 5.41) is 4.30. The van der Waals surface area contributed by atoms with E-state index in [1.165, 1.54) is 12.8 Å². The number of fused-ring (bicyclic) bond motifs is 1. The van der Waals surface area contributed by atoms with Crippen LogP contribution in [0.2, 0.25) is 10.3 Å². The number of benzene rings is 1. The van der Waals surface area contributed by atoms with Gasteiger partial charge in [-0.25, -0.2) is 19.7 Å². The van der Waals surface area contributed by atoms with Gasteiger partial charge in [-0.15, -0.1) is 0 Å². The Morgan fingerprint density at radius 2 is 1.77 bits per heavy atom. The van der Waals surface area contributed by atoms with Gasteiger partial charge in [0.2, 0.25) is 17.6 Å². The van der Waals surface area contributed by atoms with Gasteiger partial charge in [-0.3, -0.25) is 9.51 Å². The molecule has 7 rings (SSSR count). The first-order valence-electron chi connectivity index (χ1n) is 14.5. The Morgan fingerprint density at radius 3 is 2.49 bits per heavy atom. The number of aromatic amines is 1. The van der Waals surface area contributed by atoms with Crippen LogP contribution in [0.25, 0.3) is 34.1 Å². The fraction of sp³-hybridized carbons (Fsp3) is 0.400. The molecule has 4 aromatic heterocycles. The van der Waals surface area contributed by atoms with Gasteiger partial charge < -0.3 is 14.2 Å². The predicted molar refractivity (Wildman–Crippen MR) is 163 cm³/mol. The topological polar surface area (TPSA) is 128 Å². The van der Waals surface area contributed by atoms with Crippen LogP contribution in [0.15, 0.2) is 51.8 Å². The van der Waals surface area contributed by atoms with Gasteiger partial charge in [-0.05, 0) is 42.4 Å². The number of rotatable bonds is 6. The van der Waals surface area contributed by atoms with Crippen LogP contribution in [0.3, 0.4) is 0 Å². The van der Waals surface area contributed by atoms with Gasteiger partial charge in [-0.1, -0.05) is 78.5 Å². The lowest BCUT2D eigenvalue weighted by molar-refractivity contribution is 0.0927. The molecule has 0 radical (unpaired) electrons. The zero-order chi connectivity index (χ0) is 29.5. The van der Waals surface area contributed by atoms with Crippen molar-refractivity contribution >= 4 is 40.3 Å². The molecule has 0 unspecified atom stereocenters. The molecule has 0 amide bonds. The van der Waals surface area contributed by atoms with E-state index in [1.54, 1.807) is 12.1 Å². The van der Waals surface area contributed by atoms with Crippen LogP contribution in [0.5, 0.6) is 0 Å². The van der Waals surface area contributed by atoms with Gasteiger partial charge in [0, 0.05) is 18.7 Å². The van der Waals surface area contributed by atoms with Crippen LogP contribution in [0.1, 0.15) is 44.2 Å². The Kier molecular flexibility index (Phi) is 7.62. The quantitative estimate of drug-likeness (QED) is 0.229. The third-order valence-electron chi connectivity index (χ3n) is 8.42. The smallest absolute Gasteiger partial charge is 0.377 e. The van der Waals surface area contributed by atoms with Gasteiger partial charge in [-0.2, -0.15) is 4.98 Å². The van der Waals surface area contributed by atoms with E-state index < -0.39 is 5.76 Å². The minimum atomic E-state index is -0.702. The summed E-state index contributed by atoms with van der Waals surface area (Å²) >= 11 is 12.8. The Bertz CT molecular complexity index is 1790. The molecule has 5 aromatic rings. The molecule has 1 aromatic carbocycles. The molecule has 1 N–H and O–H groups in total. The van der Waals surface area contributed by atoms with Gasteiger partial charge in [0.05, 0.1) is 19.3 Å². The van der Waals surface area contributed by atoms with E-state index in [4.69, 9.17) is 47.4 Å². The number of morpholine rings is 1. The summed E-state index contributed by atoms with van der Waals surface area (Å²) in [6.45, 7) is 4.84. The maximum absolute atomic E-state index is 11.8.